The van der Waals surface area contributed by atoms with E-state index in [0.717, 1.165) is 50.9 Å². The first kappa shape index (κ1) is 31.5. The van der Waals surface area contributed by atoms with Crippen molar-refractivity contribution < 1.29 is 50.9 Å². The average molecular weight is 575 g/mol. The number of carboxylic acid groups (broad SMARTS) is 2. The quantitative estimate of drug-likeness (QED) is 0.466. The normalized spacial score (nSPS) is 17.5. The van der Waals surface area contributed by atoms with Crippen molar-refractivity contribution in [2.45, 2.75) is 64.6 Å². The number of aliphatic carboxylic acids is 2. The molecular formula is C22H28F6N4O5S. The molecule has 0 amide bonds. The van der Waals surface area contributed by atoms with Gasteiger partial charge in [-0.05, 0) is 44.6 Å². The number of alkyl halides is 6. The second-order valence-electron chi connectivity index (χ2n) is 8.55. The molecule has 2 aromatic rings. The molecule has 3 heterocycles. The van der Waals surface area contributed by atoms with E-state index in [1.54, 1.807) is 11.3 Å². The molecule has 1 aliphatic carbocycles. The summed E-state index contributed by atoms with van der Waals surface area (Å²) < 4.78 is 71.7. The summed E-state index contributed by atoms with van der Waals surface area (Å²) in [5.41, 5.74) is 5.87. The van der Waals surface area contributed by atoms with Crippen LogP contribution in [0.25, 0.3) is 0 Å². The van der Waals surface area contributed by atoms with Gasteiger partial charge in [-0.3, -0.25) is 9.58 Å². The number of thiazole rings is 1. The van der Waals surface area contributed by atoms with Crippen molar-refractivity contribution in [3.63, 3.8) is 0 Å². The molecule has 4 rings (SSSR count). The van der Waals surface area contributed by atoms with Gasteiger partial charge in [0.2, 0.25) is 0 Å². The molecule has 2 N–H and O–H groups in total. The lowest BCUT2D eigenvalue weighted by atomic mass is 10.00. The summed E-state index contributed by atoms with van der Waals surface area (Å²) in [6.07, 6.45) is -4.35. The Labute approximate surface area is 218 Å². The largest absolute Gasteiger partial charge is 0.490 e. The second-order valence-corrected chi connectivity index (χ2v) is 9.49. The zero-order valence-electron chi connectivity index (χ0n) is 20.6. The van der Waals surface area contributed by atoms with E-state index in [1.165, 1.54) is 29.0 Å². The SMILES string of the molecule is CCn1ncc2c1C(COCC1CC1)N(Cc1scnc1C)CC2.O=C(O)C(F)(F)F.O=C(O)C(F)(F)F. The van der Waals surface area contributed by atoms with Crippen LogP contribution in [-0.4, -0.2) is 73.9 Å². The van der Waals surface area contributed by atoms with Gasteiger partial charge >= 0.3 is 24.3 Å². The number of halogens is 6. The van der Waals surface area contributed by atoms with Gasteiger partial charge in [-0.1, -0.05) is 0 Å². The zero-order valence-corrected chi connectivity index (χ0v) is 21.4. The van der Waals surface area contributed by atoms with Gasteiger partial charge in [-0.25, -0.2) is 14.6 Å². The van der Waals surface area contributed by atoms with Gasteiger partial charge in [0.1, 0.15) is 0 Å². The fourth-order valence-corrected chi connectivity index (χ4v) is 4.33. The van der Waals surface area contributed by atoms with E-state index in [9.17, 15) is 26.3 Å². The third-order valence-electron chi connectivity index (χ3n) is 5.69. The Morgan fingerprint density at radius 2 is 1.68 bits per heavy atom. The highest BCUT2D eigenvalue weighted by molar-refractivity contribution is 7.09. The van der Waals surface area contributed by atoms with E-state index in [4.69, 9.17) is 24.5 Å². The fraction of sp³-hybridized carbons (Fsp3) is 0.636. The topological polar surface area (TPSA) is 118 Å². The molecule has 1 atom stereocenters. The van der Waals surface area contributed by atoms with Crippen LogP contribution in [-0.2, 0) is 33.8 Å². The molecule has 2 aromatic heterocycles. The molecule has 0 spiro atoms. The van der Waals surface area contributed by atoms with Gasteiger partial charge in [0.05, 0.1) is 35.7 Å². The third-order valence-corrected chi connectivity index (χ3v) is 6.61. The third kappa shape index (κ3) is 9.54. The van der Waals surface area contributed by atoms with Crippen LogP contribution in [0.2, 0.25) is 0 Å². The Bertz CT molecular complexity index is 1030. The molecule has 1 fully saturated rings. The van der Waals surface area contributed by atoms with E-state index in [2.05, 4.69) is 39.7 Å². The van der Waals surface area contributed by atoms with Crippen molar-refractivity contribution in [2.24, 2.45) is 5.92 Å². The number of hydrogen-bond acceptors (Lipinski definition) is 7. The number of ether oxygens (including phenoxy) is 1. The molecular weight excluding hydrogens is 546 g/mol. The minimum Gasteiger partial charge on any atom is -0.475 e. The Morgan fingerprint density at radius 1 is 1.11 bits per heavy atom. The summed E-state index contributed by atoms with van der Waals surface area (Å²) in [4.78, 5) is 26.1. The van der Waals surface area contributed by atoms with Gasteiger partial charge in [-0.15, -0.1) is 11.3 Å². The van der Waals surface area contributed by atoms with E-state index in [0.29, 0.717) is 6.04 Å². The Balaban J connectivity index is 0.000000301. The smallest absolute Gasteiger partial charge is 0.475 e. The molecule has 0 radical (unpaired) electrons. The highest BCUT2D eigenvalue weighted by Gasteiger charge is 2.39. The number of carbonyl (C=O) groups is 2. The van der Waals surface area contributed by atoms with Crippen molar-refractivity contribution in [3.8, 4) is 0 Å². The summed E-state index contributed by atoms with van der Waals surface area (Å²) in [7, 11) is 0. The van der Waals surface area contributed by atoms with E-state index >= 15 is 0 Å². The maximum absolute atomic E-state index is 10.6. The fourth-order valence-electron chi connectivity index (χ4n) is 3.52. The summed E-state index contributed by atoms with van der Waals surface area (Å²) in [6.45, 7) is 8.91. The van der Waals surface area contributed by atoms with Gasteiger partial charge in [0.25, 0.3) is 0 Å². The number of hydrogen-bond donors (Lipinski definition) is 2. The van der Waals surface area contributed by atoms with Gasteiger partial charge < -0.3 is 14.9 Å². The molecule has 2 aliphatic rings. The van der Waals surface area contributed by atoms with Crippen LogP contribution >= 0.6 is 11.3 Å². The molecule has 214 valence electrons. The lowest BCUT2D eigenvalue weighted by molar-refractivity contribution is -0.193. The molecule has 1 unspecified atom stereocenters. The predicted molar refractivity (Wildman–Crippen MR) is 123 cm³/mol. The van der Waals surface area contributed by atoms with Crippen LogP contribution in [0.3, 0.4) is 0 Å². The summed E-state index contributed by atoms with van der Waals surface area (Å²) in [6, 6.07) is 0.302. The molecule has 1 saturated carbocycles. The van der Waals surface area contributed by atoms with Crippen molar-refractivity contribution in [1.82, 2.24) is 19.7 Å². The van der Waals surface area contributed by atoms with Crippen LogP contribution in [0.5, 0.6) is 0 Å². The molecule has 16 heteroatoms. The molecule has 0 aromatic carbocycles. The zero-order chi connectivity index (χ0) is 28.7. The lowest BCUT2D eigenvalue weighted by Gasteiger charge is -2.36. The monoisotopic (exact) mass is 574 g/mol. The van der Waals surface area contributed by atoms with Crippen molar-refractivity contribution in [2.75, 3.05) is 19.8 Å². The van der Waals surface area contributed by atoms with Crippen LogP contribution in [0.1, 0.15) is 47.6 Å². The standard InChI is InChI=1S/C18H26N4OS.2C2HF3O2/c1-3-22-18-15(8-20-22)6-7-21(9-17-13(2)19-12-24-17)16(18)11-23-10-14-4-5-14;2*3-2(4,5)1(6)7/h8,12,14,16H,3-7,9-11H2,1-2H3;2*(H,6,7). The van der Waals surface area contributed by atoms with Gasteiger partial charge in [0.15, 0.2) is 0 Å². The van der Waals surface area contributed by atoms with Gasteiger partial charge in [0, 0.05) is 31.1 Å². The van der Waals surface area contributed by atoms with Gasteiger partial charge in [-0.2, -0.15) is 31.4 Å². The Kier molecular flexibility index (Phi) is 11.1. The number of rotatable bonds is 7. The maximum Gasteiger partial charge on any atom is 0.490 e. The average Bonchev–Trinajstić information content (AvgIpc) is 3.41. The molecule has 0 saturated heterocycles. The molecule has 1 aliphatic heterocycles. The van der Waals surface area contributed by atoms with Crippen LogP contribution in [0, 0.1) is 12.8 Å². The minimum absolute atomic E-state index is 0.302. The van der Waals surface area contributed by atoms with Crippen LogP contribution < -0.4 is 0 Å². The van der Waals surface area contributed by atoms with E-state index < -0.39 is 24.3 Å². The van der Waals surface area contributed by atoms with Crippen molar-refractivity contribution >= 4 is 23.3 Å². The predicted octanol–water partition coefficient (Wildman–Crippen LogP) is 4.46. The highest BCUT2D eigenvalue weighted by atomic mass is 32.1. The van der Waals surface area contributed by atoms with E-state index in [1.807, 2.05) is 5.51 Å². The summed E-state index contributed by atoms with van der Waals surface area (Å²) >= 11 is 1.76. The van der Waals surface area contributed by atoms with E-state index in [-0.39, 0.29) is 0 Å². The molecule has 9 nitrogen and oxygen atoms in total. The van der Waals surface area contributed by atoms with Crippen molar-refractivity contribution in [3.05, 3.63) is 33.5 Å². The number of aromatic nitrogens is 3. The summed E-state index contributed by atoms with van der Waals surface area (Å²) in [5.74, 6) is -4.71. The molecule has 38 heavy (non-hydrogen) atoms. The number of carboxylic acids is 2. The van der Waals surface area contributed by atoms with Crippen LogP contribution in [0.15, 0.2) is 11.7 Å². The second kappa shape index (κ2) is 13.4. The highest BCUT2D eigenvalue weighted by Crippen LogP contribution is 2.34. The Morgan fingerprint density at radius 3 is 2.13 bits per heavy atom. The first-order valence-corrected chi connectivity index (χ1v) is 12.4. The maximum atomic E-state index is 10.6. The first-order chi connectivity index (χ1) is 17.6. The van der Waals surface area contributed by atoms with Crippen molar-refractivity contribution in [1.29, 1.82) is 0 Å². The number of aryl methyl sites for hydroxylation is 2. The first-order valence-electron chi connectivity index (χ1n) is 11.5. The number of nitrogens with zero attached hydrogens (tertiary/aromatic N) is 4. The minimum atomic E-state index is -5.08. The Hall–Kier alpha value is -2.72. The van der Waals surface area contributed by atoms with Crippen LogP contribution in [0.4, 0.5) is 26.3 Å². The summed E-state index contributed by atoms with van der Waals surface area (Å²) in [5, 5.41) is 18.8. The molecule has 0 bridgehead atoms. The lowest BCUT2D eigenvalue weighted by Crippen LogP contribution is -2.38. The number of fused-ring (bicyclic) bond motifs is 1.